The molecule has 1 saturated carbocycles. The fraction of sp³-hybridized carbons (Fsp3) is 0.562. The van der Waals surface area contributed by atoms with Gasteiger partial charge >= 0.3 is 0 Å². The van der Waals surface area contributed by atoms with E-state index in [9.17, 15) is 4.79 Å². The molecule has 1 aliphatic rings. The zero-order chi connectivity index (χ0) is 14.7. The Labute approximate surface area is 120 Å². The van der Waals surface area contributed by atoms with Crippen LogP contribution in [0.25, 0.3) is 0 Å². The summed E-state index contributed by atoms with van der Waals surface area (Å²) in [6, 6.07) is 5.56. The van der Waals surface area contributed by atoms with Gasteiger partial charge in [-0.3, -0.25) is 4.79 Å². The molecule has 0 aromatic heterocycles. The molecular weight excluding hydrogens is 252 g/mol. The molecule has 2 rings (SSSR count). The van der Waals surface area contributed by atoms with Gasteiger partial charge in [0.2, 0.25) is 0 Å². The summed E-state index contributed by atoms with van der Waals surface area (Å²) in [6.45, 7) is 2.28. The molecule has 0 atom stereocenters. The Hall–Kier alpha value is -1.71. The number of nitrogens with two attached hydrogens (primary N) is 1. The number of hydrogen-bond donors (Lipinski definition) is 1. The number of hydrogen-bond acceptors (Lipinski definition) is 3. The first-order valence-corrected chi connectivity index (χ1v) is 7.23. The molecule has 110 valence electrons. The summed E-state index contributed by atoms with van der Waals surface area (Å²) in [6.07, 6.45) is 4.56. The first-order valence-electron chi connectivity index (χ1n) is 7.23. The Morgan fingerprint density at radius 2 is 1.95 bits per heavy atom. The standard InChI is InChI=1S/C16H24N2O2/c1-11-4-6-12(7-5-11)18(2)16(19)14-9-8-13(20-3)10-15(14)17/h8-12H,4-7,17H2,1-3H3. The van der Waals surface area contributed by atoms with Gasteiger partial charge in [0.1, 0.15) is 5.75 Å². The fourth-order valence-electron chi connectivity index (χ4n) is 2.85. The molecule has 0 aliphatic heterocycles. The zero-order valence-electron chi connectivity index (χ0n) is 12.6. The molecule has 0 spiro atoms. The van der Waals surface area contributed by atoms with Crippen LogP contribution in [0.4, 0.5) is 5.69 Å². The summed E-state index contributed by atoms with van der Waals surface area (Å²) < 4.78 is 5.11. The van der Waals surface area contributed by atoms with Crippen LogP contribution in [0.3, 0.4) is 0 Å². The lowest BCUT2D eigenvalue weighted by Crippen LogP contribution is -2.39. The predicted molar refractivity (Wildman–Crippen MR) is 80.9 cm³/mol. The maximum absolute atomic E-state index is 12.6. The first kappa shape index (κ1) is 14.7. The Kier molecular flexibility index (Phi) is 4.53. The largest absolute Gasteiger partial charge is 0.497 e. The van der Waals surface area contributed by atoms with Crippen LogP contribution in [0.1, 0.15) is 43.0 Å². The monoisotopic (exact) mass is 276 g/mol. The molecule has 1 aliphatic carbocycles. The molecule has 1 aromatic carbocycles. The molecular formula is C16H24N2O2. The lowest BCUT2D eigenvalue weighted by molar-refractivity contribution is 0.0680. The molecule has 0 unspecified atom stereocenters. The van der Waals surface area contributed by atoms with Crippen molar-refractivity contribution in [3.05, 3.63) is 23.8 Å². The van der Waals surface area contributed by atoms with Crippen molar-refractivity contribution in [2.45, 2.75) is 38.6 Å². The third-order valence-electron chi connectivity index (χ3n) is 4.34. The highest BCUT2D eigenvalue weighted by atomic mass is 16.5. The van der Waals surface area contributed by atoms with Gasteiger partial charge in [0.05, 0.1) is 12.7 Å². The van der Waals surface area contributed by atoms with Gasteiger partial charge in [-0.05, 0) is 43.7 Å². The van der Waals surface area contributed by atoms with Crippen molar-refractivity contribution in [2.24, 2.45) is 5.92 Å². The van der Waals surface area contributed by atoms with Crippen molar-refractivity contribution in [1.82, 2.24) is 4.90 Å². The number of nitrogens with zero attached hydrogens (tertiary/aromatic N) is 1. The van der Waals surface area contributed by atoms with E-state index in [-0.39, 0.29) is 5.91 Å². The lowest BCUT2D eigenvalue weighted by Gasteiger charge is -2.33. The molecule has 0 radical (unpaired) electrons. The van der Waals surface area contributed by atoms with Crippen molar-refractivity contribution < 1.29 is 9.53 Å². The molecule has 0 bridgehead atoms. The van der Waals surface area contributed by atoms with E-state index in [0.717, 1.165) is 18.8 Å². The number of nitrogen functional groups attached to an aromatic ring is 1. The van der Waals surface area contributed by atoms with E-state index in [0.29, 0.717) is 23.0 Å². The van der Waals surface area contributed by atoms with Crippen LogP contribution in [-0.2, 0) is 0 Å². The number of carbonyl (C=O) groups is 1. The van der Waals surface area contributed by atoms with Crippen LogP contribution in [0.15, 0.2) is 18.2 Å². The highest BCUT2D eigenvalue weighted by Gasteiger charge is 2.26. The number of anilines is 1. The topological polar surface area (TPSA) is 55.6 Å². The molecule has 4 nitrogen and oxygen atoms in total. The molecule has 1 fully saturated rings. The number of methoxy groups -OCH3 is 1. The molecule has 1 aromatic rings. The van der Waals surface area contributed by atoms with E-state index >= 15 is 0 Å². The van der Waals surface area contributed by atoms with E-state index < -0.39 is 0 Å². The summed E-state index contributed by atoms with van der Waals surface area (Å²) in [5.74, 6) is 1.46. The summed E-state index contributed by atoms with van der Waals surface area (Å²) >= 11 is 0. The summed E-state index contributed by atoms with van der Waals surface area (Å²) in [5, 5.41) is 0. The second-order valence-corrected chi connectivity index (χ2v) is 5.78. The van der Waals surface area contributed by atoms with E-state index in [1.54, 1.807) is 25.3 Å². The van der Waals surface area contributed by atoms with Crippen molar-refractivity contribution in [2.75, 3.05) is 19.9 Å². The van der Waals surface area contributed by atoms with E-state index in [1.807, 2.05) is 11.9 Å². The Balaban J connectivity index is 2.10. The lowest BCUT2D eigenvalue weighted by atomic mass is 9.86. The Morgan fingerprint density at radius 1 is 1.30 bits per heavy atom. The molecule has 20 heavy (non-hydrogen) atoms. The molecule has 0 saturated heterocycles. The predicted octanol–water partition coefficient (Wildman–Crippen LogP) is 2.93. The molecule has 4 heteroatoms. The average molecular weight is 276 g/mol. The Bertz CT molecular complexity index is 479. The molecule has 0 heterocycles. The maximum Gasteiger partial charge on any atom is 0.255 e. The van der Waals surface area contributed by atoms with Gasteiger partial charge in [-0.2, -0.15) is 0 Å². The van der Waals surface area contributed by atoms with Gasteiger partial charge in [0.15, 0.2) is 0 Å². The smallest absolute Gasteiger partial charge is 0.255 e. The average Bonchev–Trinajstić information content (AvgIpc) is 2.46. The number of carbonyl (C=O) groups excluding carboxylic acids is 1. The minimum Gasteiger partial charge on any atom is -0.497 e. The Morgan fingerprint density at radius 3 is 2.50 bits per heavy atom. The van der Waals surface area contributed by atoms with Gasteiger partial charge in [-0.25, -0.2) is 0 Å². The van der Waals surface area contributed by atoms with Crippen molar-refractivity contribution >= 4 is 11.6 Å². The van der Waals surface area contributed by atoms with Crippen molar-refractivity contribution in [3.8, 4) is 5.75 Å². The van der Waals surface area contributed by atoms with Gasteiger partial charge < -0.3 is 15.4 Å². The van der Waals surface area contributed by atoms with Crippen LogP contribution in [0, 0.1) is 5.92 Å². The SMILES string of the molecule is COc1ccc(C(=O)N(C)C2CCC(C)CC2)c(N)c1. The summed E-state index contributed by atoms with van der Waals surface area (Å²) in [4.78, 5) is 14.4. The molecule has 1 amide bonds. The van der Waals surface area contributed by atoms with Crippen molar-refractivity contribution in [3.63, 3.8) is 0 Å². The van der Waals surface area contributed by atoms with Gasteiger partial charge in [-0.1, -0.05) is 6.92 Å². The van der Waals surface area contributed by atoms with E-state index in [2.05, 4.69) is 6.92 Å². The van der Waals surface area contributed by atoms with Crippen LogP contribution in [0.5, 0.6) is 5.75 Å². The third-order valence-corrected chi connectivity index (χ3v) is 4.34. The van der Waals surface area contributed by atoms with Crippen LogP contribution >= 0.6 is 0 Å². The van der Waals surface area contributed by atoms with E-state index in [4.69, 9.17) is 10.5 Å². The minimum atomic E-state index is 0.00436. The van der Waals surface area contributed by atoms with Crippen LogP contribution in [-0.4, -0.2) is 31.0 Å². The van der Waals surface area contributed by atoms with Gasteiger partial charge in [-0.15, -0.1) is 0 Å². The fourth-order valence-corrected chi connectivity index (χ4v) is 2.85. The second kappa shape index (κ2) is 6.16. The number of amides is 1. The number of rotatable bonds is 3. The maximum atomic E-state index is 12.6. The first-order chi connectivity index (χ1) is 9.52. The van der Waals surface area contributed by atoms with Crippen molar-refractivity contribution in [1.29, 1.82) is 0 Å². The van der Waals surface area contributed by atoms with Gasteiger partial charge in [0.25, 0.3) is 5.91 Å². The van der Waals surface area contributed by atoms with Gasteiger partial charge in [0, 0.05) is 24.8 Å². The number of ether oxygens (including phenoxy) is 1. The quantitative estimate of drug-likeness (QED) is 0.864. The normalized spacial score (nSPS) is 22.4. The number of benzene rings is 1. The molecule has 2 N–H and O–H groups in total. The summed E-state index contributed by atoms with van der Waals surface area (Å²) in [7, 11) is 3.47. The zero-order valence-corrected chi connectivity index (χ0v) is 12.6. The second-order valence-electron chi connectivity index (χ2n) is 5.78. The minimum absolute atomic E-state index is 0.00436. The van der Waals surface area contributed by atoms with E-state index in [1.165, 1.54) is 12.8 Å². The highest BCUT2D eigenvalue weighted by molar-refractivity contribution is 5.99. The third kappa shape index (κ3) is 3.06. The highest BCUT2D eigenvalue weighted by Crippen LogP contribution is 2.28. The summed E-state index contributed by atoms with van der Waals surface area (Å²) in [5.41, 5.74) is 7.00. The van der Waals surface area contributed by atoms with Crippen LogP contribution < -0.4 is 10.5 Å². The van der Waals surface area contributed by atoms with Crippen LogP contribution in [0.2, 0.25) is 0 Å².